The first-order chi connectivity index (χ1) is 15.5. The summed E-state index contributed by atoms with van der Waals surface area (Å²) in [6.07, 6.45) is 10.4. The Kier molecular flexibility index (Phi) is 10.4. The summed E-state index contributed by atoms with van der Waals surface area (Å²) in [5.41, 5.74) is 3.58. The number of pyridine rings is 1. The highest BCUT2D eigenvalue weighted by molar-refractivity contribution is 5.92. The average Bonchev–Trinajstić information content (AvgIpc) is 2.81. The number of aromatic nitrogens is 1. The van der Waals surface area contributed by atoms with Crippen LogP contribution in [0.2, 0.25) is 0 Å². The quantitative estimate of drug-likeness (QED) is 0.309. The molecule has 2 rings (SSSR count). The maximum Gasteiger partial charge on any atom is 0.331 e. The molecule has 0 unspecified atom stereocenters. The molecule has 0 saturated heterocycles. The molecule has 0 atom stereocenters. The molecule has 2 amide bonds. The van der Waals surface area contributed by atoms with Gasteiger partial charge >= 0.3 is 12.0 Å². The minimum atomic E-state index is -0.897. The SMILES string of the molecule is CCCCCCCNC(=O)N(C)c1cccc(-c2ccc(C=C(CCC)C(=O)O)cn2)c1. The van der Waals surface area contributed by atoms with E-state index in [0.29, 0.717) is 18.5 Å². The predicted molar refractivity (Wildman–Crippen MR) is 131 cm³/mol. The van der Waals surface area contributed by atoms with Crippen LogP contribution < -0.4 is 10.2 Å². The molecule has 0 bridgehead atoms. The molecule has 0 saturated carbocycles. The molecule has 1 aromatic heterocycles. The largest absolute Gasteiger partial charge is 0.478 e. The molecule has 2 N–H and O–H groups in total. The summed E-state index contributed by atoms with van der Waals surface area (Å²) in [5, 5.41) is 12.3. The Balaban J connectivity index is 2.03. The highest BCUT2D eigenvalue weighted by Gasteiger charge is 2.12. The fourth-order valence-corrected chi connectivity index (χ4v) is 3.41. The van der Waals surface area contributed by atoms with E-state index in [0.717, 1.165) is 41.8 Å². The number of amides is 2. The maximum atomic E-state index is 12.5. The van der Waals surface area contributed by atoms with Crippen LogP contribution in [-0.2, 0) is 4.79 Å². The molecular weight excluding hydrogens is 402 g/mol. The standard InChI is InChI=1S/C26H35N3O3/c1-4-6-7-8-9-16-27-26(32)29(3)23-13-10-12-21(18-23)24-15-14-20(19-28-24)17-22(11-5-2)25(30)31/h10,12-15,17-19H,4-9,11,16H2,1-3H3,(H,27,32)(H,30,31). The molecule has 1 heterocycles. The number of unbranched alkanes of at least 4 members (excludes halogenated alkanes) is 4. The van der Waals surface area contributed by atoms with Gasteiger partial charge in [-0.1, -0.05) is 64.2 Å². The first-order valence-corrected chi connectivity index (χ1v) is 11.5. The van der Waals surface area contributed by atoms with Crippen molar-refractivity contribution in [1.82, 2.24) is 10.3 Å². The molecule has 0 aliphatic rings. The molecule has 6 nitrogen and oxygen atoms in total. The van der Waals surface area contributed by atoms with Gasteiger partial charge in [0.1, 0.15) is 0 Å². The Morgan fingerprint density at radius 2 is 1.84 bits per heavy atom. The molecule has 0 radical (unpaired) electrons. The molecule has 1 aromatic carbocycles. The van der Waals surface area contributed by atoms with Crippen molar-refractivity contribution in [2.75, 3.05) is 18.5 Å². The second-order valence-corrected chi connectivity index (χ2v) is 7.96. The zero-order chi connectivity index (χ0) is 23.3. The third-order valence-corrected chi connectivity index (χ3v) is 5.31. The van der Waals surface area contributed by atoms with E-state index in [1.807, 2.05) is 43.3 Å². The number of carboxylic acids is 1. The summed E-state index contributed by atoms with van der Waals surface area (Å²) < 4.78 is 0. The highest BCUT2D eigenvalue weighted by Crippen LogP contribution is 2.23. The number of benzene rings is 1. The van der Waals surface area contributed by atoms with Gasteiger partial charge in [-0.05, 0) is 42.7 Å². The average molecular weight is 438 g/mol. The smallest absolute Gasteiger partial charge is 0.331 e. The first kappa shape index (κ1) is 25.1. The number of carboxylic acid groups (broad SMARTS) is 1. The minimum absolute atomic E-state index is 0.122. The van der Waals surface area contributed by atoms with E-state index in [-0.39, 0.29) is 6.03 Å². The lowest BCUT2D eigenvalue weighted by molar-refractivity contribution is -0.132. The Bertz CT molecular complexity index is 907. The molecule has 0 aliphatic heterocycles. The number of hydrogen-bond acceptors (Lipinski definition) is 3. The van der Waals surface area contributed by atoms with Crippen LogP contribution in [0.25, 0.3) is 17.3 Å². The van der Waals surface area contributed by atoms with E-state index in [9.17, 15) is 14.7 Å². The molecule has 172 valence electrons. The first-order valence-electron chi connectivity index (χ1n) is 11.5. The van der Waals surface area contributed by atoms with Crippen LogP contribution in [0.4, 0.5) is 10.5 Å². The number of aliphatic carboxylic acids is 1. The number of urea groups is 1. The Morgan fingerprint density at radius 3 is 2.50 bits per heavy atom. The van der Waals surface area contributed by atoms with Crippen molar-refractivity contribution in [2.24, 2.45) is 0 Å². The number of nitrogens with one attached hydrogen (secondary N) is 1. The van der Waals surface area contributed by atoms with Crippen molar-refractivity contribution in [3.8, 4) is 11.3 Å². The maximum absolute atomic E-state index is 12.5. The topological polar surface area (TPSA) is 82.5 Å². The highest BCUT2D eigenvalue weighted by atomic mass is 16.4. The fraction of sp³-hybridized carbons (Fsp3) is 0.423. The zero-order valence-electron chi connectivity index (χ0n) is 19.4. The predicted octanol–water partition coefficient (Wildman–Crippen LogP) is 6.13. The Labute approximate surface area is 191 Å². The number of nitrogens with zero attached hydrogens (tertiary/aromatic N) is 2. The van der Waals surface area contributed by atoms with Crippen LogP contribution in [-0.4, -0.2) is 35.7 Å². The summed E-state index contributed by atoms with van der Waals surface area (Å²) >= 11 is 0. The van der Waals surface area contributed by atoms with Crippen LogP contribution in [0, 0.1) is 0 Å². The Morgan fingerprint density at radius 1 is 1.06 bits per heavy atom. The van der Waals surface area contributed by atoms with Crippen molar-refractivity contribution in [3.63, 3.8) is 0 Å². The number of carbonyl (C=O) groups excluding carboxylic acids is 1. The van der Waals surface area contributed by atoms with E-state index in [4.69, 9.17) is 0 Å². The summed E-state index contributed by atoms with van der Waals surface area (Å²) in [6.45, 7) is 4.82. The number of rotatable bonds is 12. The van der Waals surface area contributed by atoms with Crippen LogP contribution >= 0.6 is 0 Å². The van der Waals surface area contributed by atoms with Crippen molar-refractivity contribution in [3.05, 3.63) is 53.7 Å². The molecule has 32 heavy (non-hydrogen) atoms. The van der Waals surface area contributed by atoms with Gasteiger partial charge in [-0.3, -0.25) is 9.88 Å². The van der Waals surface area contributed by atoms with E-state index in [2.05, 4.69) is 17.2 Å². The number of hydrogen-bond donors (Lipinski definition) is 2. The summed E-state index contributed by atoms with van der Waals surface area (Å²) in [4.78, 5) is 29.9. The molecule has 2 aromatic rings. The van der Waals surface area contributed by atoms with E-state index < -0.39 is 5.97 Å². The summed E-state index contributed by atoms with van der Waals surface area (Å²) in [6, 6.07) is 11.3. The monoisotopic (exact) mass is 437 g/mol. The van der Waals surface area contributed by atoms with Gasteiger partial charge in [0, 0.05) is 36.6 Å². The van der Waals surface area contributed by atoms with Crippen molar-refractivity contribution in [2.45, 2.75) is 58.8 Å². The fourth-order valence-electron chi connectivity index (χ4n) is 3.41. The van der Waals surface area contributed by atoms with Gasteiger partial charge in [0.15, 0.2) is 0 Å². The van der Waals surface area contributed by atoms with Gasteiger partial charge in [-0.25, -0.2) is 9.59 Å². The molecular formula is C26H35N3O3. The number of carbonyl (C=O) groups is 2. The van der Waals surface area contributed by atoms with Crippen molar-refractivity contribution >= 4 is 23.8 Å². The van der Waals surface area contributed by atoms with E-state index in [1.165, 1.54) is 19.3 Å². The van der Waals surface area contributed by atoms with Gasteiger partial charge in [-0.15, -0.1) is 0 Å². The normalized spacial score (nSPS) is 11.3. The van der Waals surface area contributed by atoms with E-state index >= 15 is 0 Å². The Hall–Kier alpha value is -3.15. The number of anilines is 1. The third kappa shape index (κ3) is 7.84. The lowest BCUT2D eigenvalue weighted by Gasteiger charge is -2.19. The second-order valence-electron chi connectivity index (χ2n) is 7.96. The van der Waals surface area contributed by atoms with Gasteiger partial charge in [0.05, 0.1) is 5.69 Å². The van der Waals surface area contributed by atoms with Gasteiger partial charge in [0.25, 0.3) is 0 Å². The summed E-state index contributed by atoms with van der Waals surface area (Å²) in [5.74, 6) is -0.897. The lowest BCUT2D eigenvalue weighted by atomic mass is 10.1. The minimum Gasteiger partial charge on any atom is -0.478 e. The molecule has 0 fully saturated rings. The third-order valence-electron chi connectivity index (χ3n) is 5.31. The molecule has 0 spiro atoms. The van der Waals surface area contributed by atoms with Gasteiger partial charge < -0.3 is 10.4 Å². The van der Waals surface area contributed by atoms with Crippen LogP contribution in [0.3, 0.4) is 0 Å². The summed E-state index contributed by atoms with van der Waals surface area (Å²) in [7, 11) is 1.76. The van der Waals surface area contributed by atoms with Crippen molar-refractivity contribution in [1.29, 1.82) is 0 Å². The van der Waals surface area contributed by atoms with Crippen LogP contribution in [0.15, 0.2) is 48.2 Å². The molecule has 6 heteroatoms. The lowest BCUT2D eigenvalue weighted by Crippen LogP contribution is -2.37. The van der Waals surface area contributed by atoms with E-state index in [1.54, 1.807) is 24.2 Å². The van der Waals surface area contributed by atoms with Crippen LogP contribution in [0.5, 0.6) is 0 Å². The van der Waals surface area contributed by atoms with Gasteiger partial charge in [-0.2, -0.15) is 0 Å². The zero-order valence-corrected chi connectivity index (χ0v) is 19.4. The molecule has 0 aliphatic carbocycles. The van der Waals surface area contributed by atoms with Crippen LogP contribution in [0.1, 0.15) is 64.4 Å². The second kappa shape index (κ2) is 13.3. The van der Waals surface area contributed by atoms with Gasteiger partial charge in [0.2, 0.25) is 0 Å². The van der Waals surface area contributed by atoms with Crippen molar-refractivity contribution < 1.29 is 14.7 Å².